The summed E-state index contributed by atoms with van der Waals surface area (Å²) < 4.78 is 0. The van der Waals surface area contributed by atoms with E-state index in [2.05, 4.69) is 10.6 Å². The first kappa shape index (κ1) is 15.7. The highest BCUT2D eigenvalue weighted by Gasteiger charge is 2.20. The molecule has 0 aromatic rings. The van der Waals surface area contributed by atoms with Crippen LogP contribution in [0.4, 0.5) is 4.79 Å². The second-order valence-electron chi connectivity index (χ2n) is 3.73. The van der Waals surface area contributed by atoms with Gasteiger partial charge in [0, 0.05) is 26.6 Å². The first-order valence-electron chi connectivity index (χ1n) is 5.52. The SMILES string of the molecule is CNCCCN(C)C(=O)N[C@H](CCO)C(=O)O. The monoisotopic (exact) mass is 247 g/mol. The molecule has 0 aliphatic rings. The van der Waals surface area contributed by atoms with E-state index in [1.165, 1.54) is 4.90 Å². The van der Waals surface area contributed by atoms with Crippen molar-refractivity contribution in [1.29, 1.82) is 0 Å². The Morgan fingerprint density at radius 3 is 2.53 bits per heavy atom. The lowest BCUT2D eigenvalue weighted by Gasteiger charge is -2.21. The summed E-state index contributed by atoms with van der Waals surface area (Å²) in [5.74, 6) is -1.14. The Hall–Kier alpha value is -1.34. The van der Waals surface area contributed by atoms with Gasteiger partial charge in [-0.25, -0.2) is 9.59 Å². The Labute approximate surface area is 101 Å². The fourth-order valence-electron chi connectivity index (χ4n) is 1.24. The lowest BCUT2D eigenvalue weighted by atomic mass is 10.2. The third kappa shape index (κ3) is 6.75. The van der Waals surface area contributed by atoms with Gasteiger partial charge >= 0.3 is 12.0 Å². The van der Waals surface area contributed by atoms with Crippen molar-refractivity contribution < 1.29 is 19.8 Å². The Balaban J connectivity index is 4.06. The van der Waals surface area contributed by atoms with Crippen molar-refractivity contribution in [3.8, 4) is 0 Å². The number of aliphatic hydroxyl groups excluding tert-OH is 1. The van der Waals surface area contributed by atoms with E-state index in [-0.39, 0.29) is 13.0 Å². The highest BCUT2D eigenvalue weighted by Crippen LogP contribution is 1.95. The van der Waals surface area contributed by atoms with Gasteiger partial charge < -0.3 is 25.7 Å². The molecule has 0 rings (SSSR count). The van der Waals surface area contributed by atoms with E-state index in [1.807, 2.05) is 7.05 Å². The molecular formula is C10H21N3O4. The van der Waals surface area contributed by atoms with E-state index < -0.39 is 18.0 Å². The van der Waals surface area contributed by atoms with Gasteiger partial charge in [-0.05, 0) is 20.0 Å². The summed E-state index contributed by atoms with van der Waals surface area (Å²) in [7, 11) is 3.42. The first-order chi connectivity index (χ1) is 8.02. The molecule has 0 aromatic heterocycles. The average molecular weight is 247 g/mol. The zero-order valence-corrected chi connectivity index (χ0v) is 10.3. The molecule has 0 heterocycles. The van der Waals surface area contributed by atoms with Crippen LogP contribution in [0.25, 0.3) is 0 Å². The number of hydrogen-bond donors (Lipinski definition) is 4. The second-order valence-corrected chi connectivity index (χ2v) is 3.73. The largest absolute Gasteiger partial charge is 0.480 e. The summed E-state index contributed by atoms with van der Waals surface area (Å²) in [5, 5.41) is 22.8. The molecule has 1 atom stereocenters. The normalized spacial score (nSPS) is 11.9. The molecule has 0 saturated carbocycles. The van der Waals surface area contributed by atoms with E-state index >= 15 is 0 Å². The van der Waals surface area contributed by atoms with Crippen LogP contribution in [0.3, 0.4) is 0 Å². The molecule has 0 aliphatic carbocycles. The highest BCUT2D eigenvalue weighted by molar-refractivity contribution is 5.82. The van der Waals surface area contributed by atoms with Crippen LogP contribution in [0.2, 0.25) is 0 Å². The van der Waals surface area contributed by atoms with Gasteiger partial charge in [0.05, 0.1) is 0 Å². The van der Waals surface area contributed by atoms with Gasteiger partial charge in [-0.1, -0.05) is 0 Å². The summed E-state index contributed by atoms with van der Waals surface area (Å²) >= 11 is 0. The number of carboxylic acid groups (broad SMARTS) is 1. The number of urea groups is 1. The Kier molecular flexibility index (Phi) is 8.08. The number of carbonyl (C=O) groups is 2. The van der Waals surface area contributed by atoms with Crippen molar-refractivity contribution in [2.75, 3.05) is 33.8 Å². The van der Waals surface area contributed by atoms with Crippen molar-refractivity contribution in [3.05, 3.63) is 0 Å². The molecule has 100 valence electrons. The fourth-order valence-corrected chi connectivity index (χ4v) is 1.24. The van der Waals surface area contributed by atoms with Gasteiger partial charge in [0.15, 0.2) is 0 Å². The summed E-state index contributed by atoms with van der Waals surface area (Å²) in [4.78, 5) is 23.8. The number of nitrogens with one attached hydrogen (secondary N) is 2. The van der Waals surface area contributed by atoms with Crippen LogP contribution in [-0.2, 0) is 4.79 Å². The minimum atomic E-state index is -1.14. The van der Waals surface area contributed by atoms with E-state index in [0.717, 1.165) is 13.0 Å². The third-order valence-electron chi connectivity index (χ3n) is 2.28. The summed E-state index contributed by atoms with van der Waals surface area (Å²) in [5.41, 5.74) is 0. The molecule has 0 saturated heterocycles. The predicted molar refractivity (Wildman–Crippen MR) is 62.8 cm³/mol. The Morgan fingerprint density at radius 1 is 1.41 bits per heavy atom. The molecule has 0 spiro atoms. The minimum absolute atomic E-state index is 0.00539. The maximum absolute atomic E-state index is 11.6. The standard InChI is InChI=1S/C10H21N3O4/c1-11-5-3-6-13(2)10(17)12-8(4-7-14)9(15)16/h8,11,14H,3-7H2,1-2H3,(H,12,17)(H,15,16)/t8-/m1/s1. The molecule has 0 unspecified atom stereocenters. The first-order valence-corrected chi connectivity index (χ1v) is 5.52. The van der Waals surface area contributed by atoms with Crippen LogP contribution in [0, 0.1) is 0 Å². The van der Waals surface area contributed by atoms with Gasteiger partial charge in [-0.2, -0.15) is 0 Å². The average Bonchev–Trinajstić information content (AvgIpc) is 2.28. The molecule has 0 aliphatic heterocycles. The summed E-state index contributed by atoms with van der Waals surface area (Å²) in [6.07, 6.45) is 0.795. The van der Waals surface area contributed by atoms with Crippen LogP contribution in [0.5, 0.6) is 0 Å². The molecule has 17 heavy (non-hydrogen) atoms. The number of rotatable bonds is 8. The van der Waals surface area contributed by atoms with Crippen LogP contribution < -0.4 is 10.6 Å². The topological polar surface area (TPSA) is 102 Å². The maximum atomic E-state index is 11.6. The Bertz CT molecular complexity index is 248. The van der Waals surface area contributed by atoms with Crippen molar-refractivity contribution >= 4 is 12.0 Å². The molecule has 7 heteroatoms. The van der Waals surface area contributed by atoms with Crippen molar-refractivity contribution in [2.45, 2.75) is 18.9 Å². The fraction of sp³-hybridized carbons (Fsp3) is 0.800. The van der Waals surface area contributed by atoms with Crippen LogP contribution in [0.1, 0.15) is 12.8 Å². The third-order valence-corrected chi connectivity index (χ3v) is 2.28. The molecule has 4 N–H and O–H groups in total. The van der Waals surface area contributed by atoms with Gasteiger partial charge in [-0.3, -0.25) is 0 Å². The number of amides is 2. The quantitative estimate of drug-likeness (QED) is 0.415. The Morgan fingerprint density at radius 2 is 2.06 bits per heavy atom. The van der Waals surface area contributed by atoms with Crippen molar-refractivity contribution in [1.82, 2.24) is 15.5 Å². The van der Waals surface area contributed by atoms with E-state index in [4.69, 9.17) is 10.2 Å². The van der Waals surface area contributed by atoms with Crippen LogP contribution in [0.15, 0.2) is 0 Å². The number of carbonyl (C=O) groups excluding carboxylic acids is 1. The zero-order chi connectivity index (χ0) is 13.3. The van der Waals surface area contributed by atoms with Gasteiger partial charge in [-0.15, -0.1) is 0 Å². The number of aliphatic carboxylic acids is 1. The number of hydrogen-bond acceptors (Lipinski definition) is 4. The molecule has 0 bridgehead atoms. The zero-order valence-electron chi connectivity index (χ0n) is 10.3. The minimum Gasteiger partial charge on any atom is -0.480 e. The summed E-state index contributed by atoms with van der Waals surface area (Å²) in [6.45, 7) is 1.05. The number of nitrogens with zero attached hydrogens (tertiary/aromatic N) is 1. The van der Waals surface area contributed by atoms with Crippen molar-refractivity contribution in [2.24, 2.45) is 0 Å². The summed E-state index contributed by atoms with van der Waals surface area (Å²) in [6, 6.07) is -1.48. The van der Waals surface area contributed by atoms with Crippen molar-refractivity contribution in [3.63, 3.8) is 0 Å². The van der Waals surface area contributed by atoms with E-state index in [0.29, 0.717) is 6.54 Å². The number of aliphatic hydroxyl groups is 1. The molecule has 0 aromatic carbocycles. The van der Waals surface area contributed by atoms with Gasteiger partial charge in [0.2, 0.25) is 0 Å². The lowest BCUT2D eigenvalue weighted by molar-refractivity contribution is -0.139. The second kappa shape index (κ2) is 8.77. The highest BCUT2D eigenvalue weighted by atomic mass is 16.4. The predicted octanol–water partition coefficient (Wildman–Crippen LogP) is -0.927. The van der Waals surface area contributed by atoms with E-state index in [1.54, 1.807) is 7.05 Å². The smallest absolute Gasteiger partial charge is 0.326 e. The molecular weight excluding hydrogens is 226 g/mol. The molecule has 2 amide bonds. The maximum Gasteiger partial charge on any atom is 0.326 e. The van der Waals surface area contributed by atoms with Crippen LogP contribution in [-0.4, -0.2) is 66.9 Å². The number of carboxylic acids is 1. The van der Waals surface area contributed by atoms with E-state index in [9.17, 15) is 9.59 Å². The molecule has 7 nitrogen and oxygen atoms in total. The molecule has 0 fully saturated rings. The lowest BCUT2D eigenvalue weighted by Crippen LogP contribution is -2.47. The molecule has 0 radical (unpaired) electrons. The van der Waals surface area contributed by atoms with Gasteiger partial charge in [0.1, 0.15) is 6.04 Å². The van der Waals surface area contributed by atoms with Crippen LogP contribution >= 0.6 is 0 Å². The van der Waals surface area contributed by atoms with Gasteiger partial charge in [0.25, 0.3) is 0 Å².